The zero-order valence-corrected chi connectivity index (χ0v) is 29.7. The lowest BCUT2D eigenvalue weighted by molar-refractivity contribution is -0.167. The number of hydrogen-bond acceptors (Lipinski definition) is 13. The highest BCUT2D eigenvalue weighted by atomic mass is 35.5. The van der Waals surface area contributed by atoms with Gasteiger partial charge in [0.15, 0.2) is 12.1 Å². The molecule has 8 N–H and O–H groups in total. The predicted octanol–water partition coefficient (Wildman–Crippen LogP) is -2.91. The van der Waals surface area contributed by atoms with E-state index >= 15 is 0 Å². The number of amides is 5. The topological polar surface area (TPSA) is 242 Å². The summed E-state index contributed by atoms with van der Waals surface area (Å²) < 4.78 is 5.18. The Bertz CT molecular complexity index is 1390. The van der Waals surface area contributed by atoms with Crippen molar-refractivity contribution in [3.63, 3.8) is 0 Å². The normalized spacial score (nSPS) is 34.3. The molecular formula is C32H49ClN8O10. The molecule has 9 unspecified atom stereocenters. The van der Waals surface area contributed by atoms with Gasteiger partial charge in [-0.3, -0.25) is 39.0 Å². The molecule has 9 atom stereocenters. The van der Waals surface area contributed by atoms with Crippen LogP contribution in [0.2, 0.25) is 0 Å². The smallest absolute Gasteiger partial charge is 0.334 e. The molecule has 5 amide bonds. The Morgan fingerprint density at radius 3 is 2.14 bits per heavy atom. The molecule has 284 valence electrons. The van der Waals surface area contributed by atoms with Crippen LogP contribution in [0.3, 0.4) is 0 Å². The average molecular weight is 741 g/mol. The van der Waals surface area contributed by atoms with Crippen LogP contribution in [0, 0.1) is 5.92 Å². The number of aliphatic hydroxyl groups is 3. The van der Waals surface area contributed by atoms with Gasteiger partial charge in [0, 0.05) is 32.5 Å². The first-order chi connectivity index (χ1) is 24.2. The van der Waals surface area contributed by atoms with E-state index in [4.69, 9.17) is 16.3 Å². The molecule has 0 spiro atoms. The molecular weight excluding hydrogens is 692 g/mol. The Morgan fingerprint density at radius 2 is 1.49 bits per heavy atom. The predicted molar refractivity (Wildman–Crippen MR) is 180 cm³/mol. The van der Waals surface area contributed by atoms with Gasteiger partial charge in [0.2, 0.25) is 11.8 Å². The summed E-state index contributed by atoms with van der Waals surface area (Å²) in [5.41, 5.74) is 6.17. The molecule has 19 heteroatoms. The van der Waals surface area contributed by atoms with Crippen LogP contribution in [0.15, 0.2) is 24.3 Å². The van der Waals surface area contributed by atoms with Gasteiger partial charge < -0.3 is 30.7 Å². The number of aliphatic hydroxyl groups excluding tert-OH is 3. The van der Waals surface area contributed by atoms with Crippen LogP contribution in [0.5, 0.6) is 0 Å². The summed E-state index contributed by atoms with van der Waals surface area (Å²) in [5, 5.41) is 38.3. The maximum atomic E-state index is 14.3. The summed E-state index contributed by atoms with van der Waals surface area (Å²) in [6, 6.07) is -5.36. The molecule has 0 aliphatic carbocycles. The third-order valence-corrected chi connectivity index (χ3v) is 9.66. The highest BCUT2D eigenvalue weighted by Crippen LogP contribution is 2.23. The summed E-state index contributed by atoms with van der Waals surface area (Å²) in [7, 11) is 0. The molecule has 4 aliphatic heterocycles. The standard InChI is InChI=1S/C32H49ClN8O10/c1-4-18(2)8-6-5-7-9-22-29(48)41-25(10-19(33)13-34-41)30(49)40-24(12-21(44)15-36-40)28(47)38-32(3,17-42)31(50)51-16-26(45)39-23(27(46)37-22)11-20(43)14-35-39/h5-8,18-25,34-36,42-44H,4,9-17H2,1-3H3,(H,37,46)(H,38,47). The zero-order chi connectivity index (χ0) is 37.5. The quantitative estimate of drug-likeness (QED) is 0.0775. The largest absolute Gasteiger partial charge is 0.454 e. The number of carbonyl (C=O) groups excluding carboxylic acids is 6. The molecule has 4 saturated heterocycles. The Morgan fingerprint density at radius 1 is 0.882 bits per heavy atom. The monoisotopic (exact) mass is 740 g/mol. The van der Waals surface area contributed by atoms with E-state index in [0.29, 0.717) is 5.92 Å². The maximum absolute atomic E-state index is 14.3. The summed E-state index contributed by atoms with van der Waals surface area (Å²) in [4.78, 5) is 82.6. The fourth-order valence-electron chi connectivity index (χ4n) is 6.01. The van der Waals surface area contributed by atoms with Gasteiger partial charge in [0.1, 0.15) is 24.2 Å². The van der Waals surface area contributed by atoms with Crippen LogP contribution in [0.4, 0.5) is 0 Å². The van der Waals surface area contributed by atoms with E-state index in [-0.39, 0.29) is 45.3 Å². The highest BCUT2D eigenvalue weighted by Gasteiger charge is 2.48. The highest BCUT2D eigenvalue weighted by molar-refractivity contribution is 6.21. The number of β-amino-alcohol motifs (C(OH)–C–C–N with tert-alkyl or cyclic N) is 2. The van der Waals surface area contributed by atoms with Crippen LogP contribution >= 0.6 is 11.6 Å². The van der Waals surface area contributed by atoms with Crippen molar-refractivity contribution in [2.75, 3.05) is 32.8 Å². The summed E-state index contributed by atoms with van der Waals surface area (Å²) in [6.07, 6.45) is 5.40. The molecule has 4 rings (SSSR count). The number of hydrazine groups is 3. The van der Waals surface area contributed by atoms with Crippen molar-refractivity contribution in [3.05, 3.63) is 24.3 Å². The minimum atomic E-state index is -2.09. The van der Waals surface area contributed by atoms with E-state index in [9.17, 15) is 44.1 Å². The molecule has 0 aromatic heterocycles. The lowest BCUT2D eigenvalue weighted by atomic mass is 9.98. The number of alkyl halides is 1. The van der Waals surface area contributed by atoms with Gasteiger partial charge in [-0.15, -0.1) is 11.6 Å². The van der Waals surface area contributed by atoms with E-state index in [2.05, 4.69) is 26.9 Å². The summed E-state index contributed by atoms with van der Waals surface area (Å²) >= 11 is 6.47. The first-order valence-electron chi connectivity index (χ1n) is 17.1. The number of esters is 1. The number of nitrogens with one attached hydrogen (secondary N) is 5. The average Bonchev–Trinajstić information content (AvgIpc) is 3.11. The van der Waals surface area contributed by atoms with E-state index in [1.165, 1.54) is 0 Å². The number of halogens is 1. The number of hydrogen-bond donors (Lipinski definition) is 8. The Balaban J connectivity index is 1.76. The van der Waals surface area contributed by atoms with Gasteiger partial charge in [-0.25, -0.2) is 21.1 Å². The van der Waals surface area contributed by atoms with E-state index in [1.807, 2.05) is 26.0 Å². The molecule has 0 saturated carbocycles. The summed E-state index contributed by atoms with van der Waals surface area (Å²) in [5.74, 6) is -5.00. The van der Waals surface area contributed by atoms with Crippen LogP contribution < -0.4 is 26.9 Å². The summed E-state index contributed by atoms with van der Waals surface area (Å²) in [6.45, 7) is 3.20. The van der Waals surface area contributed by atoms with Crippen LogP contribution in [-0.2, 0) is 33.5 Å². The van der Waals surface area contributed by atoms with Crippen molar-refractivity contribution < 1.29 is 48.8 Å². The first kappa shape index (κ1) is 40.1. The van der Waals surface area contributed by atoms with Gasteiger partial charge in [0.05, 0.1) is 24.2 Å². The van der Waals surface area contributed by atoms with Crippen molar-refractivity contribution in [1.82, 2.24) is 41.9 Å². The molecule has 0 radical (unpaired) electrons. The van der Waals surface area contributed by atoms with E-state index in [1.54, 1.807) is 12.2 Å². The van der Waals surface area contributed by atoms with Crippen LogP contribution in [-0.4, -0.2) is 146 Å². The third kappa shape index (κ3) is 9.82. The minimum Gasteiger partial charge on any atom is -0.454 e. The number of fused-ring (bicyclic) bond motifs is 3. The second-order valence-corrected chi connectivity index (χ2v) is 14.1. The Kier molecular flexibility index (Phi) is 13.9. The number of nitrogens with zero attached hydrogens (tertiary/aromatic N) is 3. The minimum absolute atomic E-state index is 0.0357. The lowest BCUT2D eigenvalue weighted by Gasteiger charge is -2.44. The van der Waals surface area contributed by atoms with Gasteiger partial charge in [-0.2, -0.15) is 0 Å². The van der Waals surface area contributed by atoms with Crippen molar-refractivity contribution >= 4 is 47.1 Å². The van der Waals surface area contributed by atoms with Gasteiger partial charge in [0.25, 0.3) is 17.7 Å². The van der Waals surface area contributed by atoms with Gasteiger partial charge in [-0.05, 0) is 25.7 Å². The van der Waals surface area contributed by atoms with Crippen molar-refractivity contribution in [2.45, 2.75) is 100 Å². The third-order valence-electron chi connectivity index (χ3n) is 9.33. The second kappa shape index (κ2) is 17.7. The van der Waals surface area contributed by atoms with E-state index in [0.717, 1.165) is 28.4 Å². The molecule has 0 bridgehead atoms. The molecule has 4 fully saturated rings. The maximum Gasteiger partial charge on any atom is 0.334 e. The number of ether oxygens (including phenoxy) is 1. The number of carbonyl (C=O) groups is 6. The van der Waals surface area contributed by atoms with Crippen LogP contribution in [0.25, 0.3) is 0 Å². The lowest BCUT2D eigenvalue weighted by Crippen LogP contribution is -2.71. The molecule has 0 aromatic rings. The van der Waals surface area contributed by atoms with Crippen molar-refractivity contribution in [2.24, 2.45) is 5.92 Å². The molecule has 4 heterocycles. The first-order valence-corrected chi connectivity index (χ1v) is 17.5. The number of cyclic esters (lactones) is 1. The number of allylic oxidation sites excluding steroid dienone is 3. The Hall–Kier alpha value is -3.65. The van der Waals surface area contributed by atoms with Gasteiger partial charge in [-0.1, -0.05) is 44.6 Å². The molecule has 4 aliphatic rings. The molecule has 51 heavy (non-hydrogen) atoms. The molecule has 0 aromatic carbocycles. The van der Waals surface area contributed by atoms with Crippen molar-refractivity contribution in [1.29, 1.82) is 0 Å². The van der Waals surface area contributed by atoms with E-state index < -0.39 is 96.0 Å². The fraction of sp³-hybridized carbons (Fsp3) is 0.688. The SMILES string of the molecule is CCC(C)C=CC=CCC1NC(=O)C2CC(O)CNN2C(=O)COC(=O)C(C)(CO)NC(=O)C2CC(O)CNN2C(=O)C2CC(Cl)CNN2C1=O. The van der Waals surface area contributed by atoms with Gasteiger partial charge >= 0.3 is 5.97 Å². The second-order valence-electron chi connectivity index (χ2n) is 13.5. The zero-order valence-electron chi connectivity index (χ0n) is 28.9. The Labute approximate surface area is 300 Å². The van der Waals surface area contributed by atoms with Crippen molar-refractivity contribution in [3.8, 4) is 0 Å². The molecule has 18 nitrogen and oxygen atoms in total. The number of rotatable bonds is 6. The van der Waals surface area contributed by atoms with Crippen LogP contribution in [0.1, 0.15) is 52.9 Å². The fourth-order valence-corrected chi connectivity index (χ4v) is 6.25.